The van der Waals surface area contributed by atoms with E-state index in [1.54, 1.807) is 4.52 Å². The highest BCUT2D eigenvalue weighted by Crippen LogP contribution is 2.21. The Balaban J connectivity index is 1.60. The summed E-state index contributed by atoms with van der Waals surface area (Å²) in [6.45, 7) is 7.28. The number of nitrogens with zero attached hydrogens (tertiary/aromatic N) is 7. The van der Waals surface area contributed by atoms with Crippen LogP contribution in [0.25, 0.3) is 5.78 Å². The first-order chi connectivity index (χ1) is 12.0. The van der Waals surface area contributed by atoms with E-state index < -0.39 is 0 Å². The molecule has 0 aliphatic carbocycles. The molecule has 1 aliphatic heterocycles. The average Bonchev–Trinajstić information content (AvgIpc) is 3.27. The molecule has 0 spiro atoms. The van der Waals surface area contributed by atoms with Crippen molar-refractivity contribution in [2.75, 3.05) is 6.54 Å². The van der Waals surface area contributed by atoms with E-state index >= 15 is 0 Å². The lowest BCUT2D eigenvalue weighted by atomic mass is 10.2. The van der Waals surface area contributed by atoms with E-state index in [0.29, 0.717) is 12.3 Å². The molecule has 1 saturated heterocycles. The van der Waals surface area contributed by atoms with Crippen molar-refractivity contribution >= 4 is 11.7 Å². The van der Waals surface area contributed by atoms with Gasteiger partial charge in [0.05, 0.1) is 18.8 Å². The number of amides is 1. The molecule has 4 heterocycles. The SMILES string of the molecule is Cc1cnn(CC2CCCN2C(=O)c2nc3nc(C)cc(C)n3n2)c1. The van der Waals surface area contributed by atoms with Crippen LogP contribution in [0.5, 0.6) is 0 Å². The molecule has 0 bridgehead atoms. The van der Waals surface area contributed by atoms with Crippen LogP contribution >= 0.6 is 0 Å². The van der Waals surface area contributed by atoms with Crippen LogP contribution in [0.15, 0.2) is 18.5 Å². The minimum absolute atomic E-state index is 0.120. The fourth-order valence-corrected chi connectivity index (χ4v) is 3.46. The lowest BCUT2D eigenvalue weighted by Crippen LogP contribution is -2.38. The highest BCUT2D eigenvalue weighted by Gasteiger charge is 2.32. The Morgan fingerprint density at radius 2 is 2.12 bits per heavy atom. The lowest BCUT2D eigenvalue weighted by Gasteiger charge is -2.23. The molecule has 1 amide bonds. The van der Waals surface area contributed by atoms with E-state index in [1.165, 1.54) is 0 Å². The fourth-order valence-electron chi connectivity index (χ4n) is 3.46. The summed E-state index contributed by atoms with van der Waals surface area (Å²) in [7, 11) is 0. The second kappa shape index (κ2) is 5.94. The van der Waals surface area contributed by atoms with Gasteiger partial charge < -0.3 is 4.90 Å². The van der Waals surface area contributed by atoms with Crippen molar-refractivity contribution in [3.05, 3.63) is 41.2 Å². The number of fused-ring (bicyclic) bond motifs is 1. The summed E-state index contributed by atoms with van der Waals surface area (Å²) < 4.78 is 3.53. The van der Waals surface area contributed by atoms with Gasteiger partial charge in [-0.05, 0) is 45.2 Å². The summed E-state index contributed by atoms with van der Waals surface area (Å²) in [4.78, 5) is 23.5. The quantitative estimate of drug-likeness (QED) is 0.723. The number of aryl methyl sites for hydroxylation is 3. The normalized spacial score (nSPS) is 17.6. The number of likely N-dealkylation sites (tertiary alicyclic amines) is 1. The molecule has 130 valence electrons. The molecular weight excluding hydrogens is 318 g/mol. The van der Waals surface area contributed by atoms with Gasteiger partial charge in [0.25, 0.3) is 11.7 Å². The highest BCUT2D eigenvalue weighted by molar-refractivity contribution is 5.91. The number of hydrogen-bond acceptors (Lipinski definition) is 5. The van der Waals surface area contributed by atoms with Gasteiger partial charge in [0.2, 0.25) is 5.82 Å². The molecule has 1 atom stereocenters. The van der Waals surface area contributed by atoms with Crippen LogP contribution in [0.1, 0.15) is 40.4 Å². The molecule has 3 aromatic heterocycles. The Hall–Kier alpha value is -2.77. The van der Waals surface area contributed by atoms with Gasteiger partial charge >= 0.3 is 0 Å². The number of aromatic nitrogens is 6. The molecule has 0 saturated carbocycles. The Morgan fingerprint density at radius 3 is 2.88 bits per heavy atom. The minimum Gasteiger partial charge on any atom is -0.331 e. The summed E-state index contributed by atoms with van der Waals surface area (Å²) in [5.41, 5.74) is 2.90. The van der Waals surface area contributed by atoms with Crippen molar-refractivity contribution in [1.29, 1.82) is 0 Å². The van der Waals surface area contributed by atoms with E-state index in [2.05, 4.69) is 20.2 Å². The second-order valence-corrected chi connectivity index (χ2v) is 6.72. The van der Waals surface area contributed by atoms with Gasteiger partial charge in [-0.2, -0.15) is 10.1 Å². The molecule has 1 unspecified atom stereocenters. The lowest BCUT2D eigenvalue weighted by molar-refractivity contribution is 0.0709. The molecule has 8 nitrogen and oxygen atoms in total. The van der Waals surface area contributed by atoms with Crippen molar-refractivity contribution in [2.24, 2.45) is 0 Å². The van der Waals surface area contributed by atoms with E-state index in [1.807, 2.05) is 48.8 Å². The summed E-state index contributed by atoms with van der Waals surface area (Å²) in [5.74, 6) is 0.554. The molecule has 0 N–H and O–H groups in total. The predicted molar refractivity (Wildman–Crippen MR) is 91.3 cm³/mol. The minimum atomic E-state index is -0.131. The first-order valence-corrected chi connectivity index (χ1v) is 8.52. The third-order valence-electron chi connectivity index (χ3n) is 4.61. The fraction of sp³-hybridized carbons (Fsp3) is 0.471. The molecule has 1 aliphatic rings. The summed E-state index contributed by atoms with van der Waals surface area (Å²) in [5, 5.41) is 8.71. The number of carbonyl (C=O) groups excluding carboxylic acids is 1. The van der Waals surface area contributed by atoms with Crippen LogP contribution < -0.4 is 0 Å². The largest absolute Gasteiger partial charge is 0.331 e. The average molecular weight is 339 g/mol. The first kappa shape index (κ1) is 15.7. The second-order valence-electron chi connectivity index (χ2n) is 6.72. The molecule has 8 heteroatoms. The standard InChI is InChI=1S/C17H21N7O/c1-11-8-18-22(9-11)10-14-5-4-6-23(14)16(25)15-20-17-19-12(2)7-13(3)24(17)21-15/h7-9,14H,4-6,10H2,1-3H3. The predicted octanol–water partition coefficient (Wildman–Crippen LogP) is 1.55. The van der Waals surface area contributed by atoms with Crippen molar-refractivity contribution in [1.82, 2.24) is 34.3 Å². The molecule has 0 radical (unpaired) electrons. The topological polar surface area (TPSA) is 81.2 Å². The molecule has 0 aromatic carbocycles. The van der Waals surface area contributed by atoms with Crippen molar-refractivity contribution < 1.29 is 4.79 Å². The maximum absolute atomic E-state index is 12.9. The zero-order valence-electron chi connectivity index (χ0n) is 14.7. The zero-order chi connectivity index (χ0) is 17.6. The number of carbonyl (C=O) groups is 1. The molecule has 3 aromatic rings. The smallest absolute Gasteiger partial charge is 0.293 e. The van der Waals surface area contributed by atoms with Gasteiger partial charge in [0, 0.05) is 24.1 Å². The van der Waals surface area contributed by atoms with Crippen LogP contribution in [0.2, 0.25) is 0 Å². The van der Waals surface area contributed by atoms with E-state index in [9.17, 15) is 4.79 Å². The molecule has 1 fully saturated rings. The van der Waals surface area contributed by atoms with Crippen molar-refractivity contribution in [3.8, 4) is 0 Å². The summed E-state index contributed by atoms with van der Waals surface area (Å²) >= 11 is 0. The zero-order valence-corrected chi connectivity index (χ0v) is 14.7. The van der Waals surface area contributed by atoms with Crippen molar-refractivity contribution in [3.63, 3.8) is 0 Å². The van der Waals surface area contributed by atoms with Gasteiger partial charge in [-0.15, -0.1) is 5.10 Å². The maximum Gasteiger partial charge on any atom is 0.293 e. The van der Waals surface area contributed by atoms with E-state index in [0.717, 1.165) is 36.3 Å². The van der Waals surface area contributed by atoms with Crippen LogP contribution in [0.4, 0.5) is 0 Å². The van der Waals surface area contributed by atoms with E-state index in [-0.39, 0.29) is 17.8 Å². The monoisotopic (exact) mass is 339 g/mol. The van der Waals surface area contributed by atoms with Gasteiger partial charge in [0.1, 0.15) is 0 Å². The molecular formula is C17H21N7O. The number of hydrogen-bond donors (Lipinski definition) is 0. The van der Waals surface area contributed by atoms with E-state index in [4.69, 9.17) is 0 Å². The third kappa shape index (κ3) is 2.88. The van der Waals surface area contributed by atoms with Crippen LogP contribution in [-0.2, 0) is 6.54 Å². The van der Waals surface area contributed by atoms with Crippen LogP contribution in [0.3, 0.4) is 0 Å². The Labute approximate surface area is 145 Å². The maximum atomic E-state index is 12.9. The van der Waals surface area contributed by atoms with Crippen molar-refractivity contribution in [2.45, 2.75) is 46.2 Å². The number of rotatable bonds is 3. The van der Waals surface area contributed by atoms with Gasteiger partial charge in [-0.1, -0.05) is 0 Å². The van der Waals surface area contributed by atoms with Crippen LogP contribution in [-0.4, -0.2) is 52.8 Å². The van der Waals surface area contributed by atoms with Gasteiger partial charge in [0.15, 0.2) is 0 Å². The summed E-state index contributed by atoms with van der Waals surface area (Å²) in [6.07, 6.45) is 5.79. The van der Waals surface area contributed by atoms with Gasteiger partial charge in [-0.3, -0.25) is 9.48 Å². The highest BCUT2D eigenvalue weighted by atomic mass is 16.2. The summed E-state index contributed by atoms with van der Waals surface area (Å²) in [6, 6.07) is 2.04. The Kier molecular flexibility index (Phi) is 3.74. The van der Waals surface area contributed by atoms with Gasteiger partial charge in [-0.25, -0.2) is 9.50 Å². The Bertz CT molecular complexity index is 942. The first-order valence-electron chi connectivity index (χ1n) is 8.52. The molecule has 4 rings (SSSR count). The van der Waals surface area contributed by atoms with Crippen LogP contribution in [0, 0.1) is 20.8 Å². The Morgan fingerprint density at radius 1 is 1.28 bits per heavy atom. The third-order valence-corrected chi connectivity index (χ3v) is 4.61. The molecule has 25 heavy (non-hydrogen) atoms.